The highest BCUT2D eigenvalue weighted by Crippen LogP contribution is 2.32. The third-order valence-corrected chi connectivity index (χ3v) is 5.13. The van der Waals surface area contributed by atoms with E-state index in [-0.39, 0.29) is 0 Å². The quantitative estimate of drug-likeness (QED) is 0.385. The average Bonchev–Trinajstić information content (AvgIpc) is 3.03. The third-order valence-electron chi connectivity index (χ3n) is 5.13. The van der Waals surface area contributed by atoms with Gasteiger partial charge in [0, 0.05) is 0 Å². The van der Waals surface area contributed by atoms with Gasteiger partial charge in [0.15, 0.2) is 11.5 Å². The molecule has 158 valence electrons. The van der Waals surface area contributed by atoms with Crippen molar-refractivity contribution in [1.29, 1.82) is 0 Å². The maximum absolute atomic E-state index is 13.1. The first-order chi connectivity index (χ1) is 14.6. The lowest BCUT2D eigenvalue weighted by Crippen LogP contribution is -2.43. The number of carbonyl (C=O) groups is 2. The summed E-state index contributed by atoms with van der Waals surface area (Å²) in [6, 6.07) is 14.0. The summed E-state index contributed by atoms with van der Waals surface area (Å²) in [4.78, 5) is 25.6. The first-order valence-electron chi connectivity index (χ1n) is 10.1. The number of benzene rings is 2. The van der Waals surface area contributed by atoms with Crippen LogP contribution in [0, 0.1) is 0 Å². The smallest absolute Gasteiger partial charge is 0.346 e. The van der Waals surface area contributed by atoms with E-state index in [0.717, 1.165) is 23.4 Å². The molecule has 1 saturated heterocycles. The van der Waals surface area contributed by atoms with Gasteiger partial charge >= 0.3 is 6.03 Å². The van der Waals surface area contributed by atoms with E-state index in [1.165, 1.54) is 6.21 Å². The van der Waals surface area contributed by atoms with Crippen molar-refractivity contribution in [2.45, 2.75) is 38.6 Å². The molecule has 7 nitrogen and oxygen atoms in total. The lowest BCUT2D eigenvalue weighted by Gasteiger charge is -2.24. The molecular formula is C23H27N3O4. The number of nitrogens with zero attached hydrogens (tertiary/aromatic N) is 2. The van der Waals surface area contributed by atoms with Crippen LogP contribution >= 0.6 is 0 Å². The Kier molecular flexibility index (Phi) is 6.72. The zero-order chi connectivity index (χ0) is 21.6. The molecule has 1 fully saturated rings. The molecule has 2 aromatic rings. The van der Waals surface area contributed by atoms with Gasteiger partial charge in [0.25, 0.3) is 5.91 Å². The van der Waals surface area contributed by atoms with Gasteiger partial charge in [0.05, 0.1) is 19.9 Å². The van der Waals surface area contributed by atoms with E-state index >= 15 is 0 Å². The van der Waals surface area contributed by atoms with Crippen molar-refractivity contribution >= 4 is 18.2 Å². The summed E-state index contributed by atoms with van der Waals surface area (Å²) >= 11 is 0. The monoisotopic (exact) mass is 409 g/mol. The number of amides is 3. The van der Waals surface area contributed by atoms with Crippen LogP contribution < -0.4 is 14.8 Å². The molecule has 0 radical (unpaired) electrons. The highest BCUT2D eigenvalue weighted by atomic mass is 16.5. The number of methoxy groups -OCH3 is 1. The van der Waals surface area contributed by atoms with E-state index in [1.807, 2.05) is 37.3 Å². The largest absolute Gasteiger partial charge is 0.493 e. The van der Waals surface area contributed by atoms with Gasteiger partial charge in [-0.3, -0.25) is 4.79 Å². The second-order valence-corrected chi connectivity index (χ2v) is 7.03. The molecule has 0 bridgehead atoms. The highest BCUT2D eigenvalue weighted by Gasteiger charge is 2.51. The fourth-order valence-corrected chi connectivity index (χ4v) is 3.37. The molecule has 0 aromatic heterocycles. The minimum atomic E-state index is -1.11. The standard InChI is InChI=1S/C23H27N3O4/c1-4-6-14-30-20-15-17(12-13-19(20)29-3)16-24-26-21(27)23(5-2,25-22(26)28)18-10-8-7-9-11-18/h7-13,15-16H,4-6,14H2,1-3H3,(H,25,28)/b24-16-/t23-/m1/s1. The Morgan fingerprint density at radius 3 is 2.53 bits per heavy atom. The molecule has 0 unspecified atom stereocenters. The number of imide groups is 1. The van der Waals surface area contributed by atoms with Crippen molar-refractivity contribution < 1.29 is 19.1 Å². The summed E-state index contributed by atoms with van der Waals surface area (Å²) in [6.07, 6.45) is 3.85. The second-order valence-electron chi connectivity index (χ2n) is 7.03. The SMILES string of the molecule is CCCCOc1cc(/C=N\N2C(=O)N[C@](CC)(c3ccccc3)C2=O)ccc1OC. The maximum atomic E-state index is 13.1. The fourth-order valence-electron chi connectivity index (χ4n) is 3.37. The van der Waals surface area contributed by atoms with Crippen molar-refractivity contribution in [3.05, 3.63) is 59.7 Å². The first kappa shape index (κ1) is 21.4. The fraction of sp³-hybridized carbons (Fsp3) is 0.348. The van der Waals surface area contributed by atoms with Gasteiger partial charge in [0.1, 0.15) is 5.54 Å². The Bertz CT molecular complexity index is 929. The predicted molar refractivity (Wildman–Crippen MR) is 115 cm³/mol. The molecule has 0 aliphatic carbocycles. The summed E-state index contributed by atoms with van der Waals surface area (Å²) in [5, 5.41) is 7.87. The van der Waals surface area contributed by atoms with Gasteiger partial charge in [-0.05, 0) is 42.2 Å². The third kappa shape index (κ3) is 4.15. The topological polar surface area (TPSA) is 80.2 Å². The molecule has 3 rings (SSSR count). The first-order valence-corrected chi connectivity index (χ1v) is 10.1. The number of rotatable bonds is 9. The Hall–Kier alpha value is -3.35. The Morgan fingerprint density at radius 2 is 1.87 bits per heavy atom. The maximum Gasteiger partial charge on any atom is 0.346 e. The molecule has 1 atom stereocenters. The van der Waals surface area contributed by atoms with Gasteiger partial charge in [-0.1, -0.05) is 50.6 Å². The lowest BCUT2D eigenvalue weighted by atomic mass is 9.87. The number of urea groups is 1. The molecule has 30 heavy (non-hydrogen) atoms. The molecule has 2 aromatic carbocycles. The predicted octanol–water partition coefficient (Wildman–Crippen LogP) is 4.07. The van der Waals surface area contributed by atoms with Gasteiger partial charge in [-0.25, -0.2) is 4.79 Å². The molecule has 1 aliphatic rings. The zero-order valence-corrected chi connectivity index (χ0v) is 17.6. The molecule has 1 N–H and O–H groups in total. The molecule has 0 spiro atoms. The number of hydrogen-bond acceptors (Lipinski definition) is 5. The molecule has 1 aliphatic heterocycles. The minimum Gasteiger partial charge on any atom is -0.493 e. The van der Waals surface area contributed by atoms with Crippen LogP contribution in [0.15, 0.2) is 53.6 Å². The number of unbranched alkanes of at least 4 members (excludes halogenated alkanes) is 1. The summed E-state index contributed by atoms with van der Waals surface area (Å²) in [6.45, 7) is 4.53. The van der Waals surface area contributed by atoms with Crippen LogP contribution in [0.25, 0.3) is 0 Å². The van der Waals surface area contributed by atoms with E-state index in [0.29, 0.717) is 30.1 Å². The van der Waals surface area contributed by atoms with Crippen molar-refractivity contribution in [2.75, 3.05) is 13.7 Å². The molecule has 3 amide bonds. The van der Waals surface area contributed by atoms with Crippen molar-refractivity contribution in [2.24, 2.45) is 5.10 Å². The molecule has 1 heterocycles. The molecule has 7 heteroatoms. The number of ether oxygens (including phenoxy) is 2. The summed E-state index contributed by atoms with van der Waals surface area (Å²) in [5.74, 6) is 0.817. The van der Waals surface area contributed by atoms with E-state index in [1.54, 1.807) is 25.3 Å². The van der Waals surface area contributed by atoms with Gasteiger partial charge in [-0.2, -0.15) is 5.10 Å². The van der Waals surface area contributed by atoms with Gasteiger partial charge in [0.2, 0.25) is 0 Å². The Balaban J connectivity index is 1.83. The van der Waals surface area contributed by atoms with Crippen molar-refractivity contribution in [1.82, 2.24) is 10.3 Å². The number of hydrogen-bond donors (Lipinski definition) is 1. The number of hydrazone groups is 1. The normalized spacial score (nSPS) is 18.7. The van der Waals surface area contributed by atoms with Gasteiger partial charge < -0.3 is 14.8 Å². The van der Waals surface area contributed by atoms with Crippen molar-refractivity contribution in [3.8, 4) is 11.5 Å². The van der Waals surface area contributed by atoms with Crippen molar-refractivity contribution in [3.63, 3.8) is 0 Å². The van der Waals surface area contributed by atoms with Crippen LogP contribution in [0.3, 0.4) is 0 Å². The average molecular weight is 409 g/mol. The van der Waals surface area contributed by atoms with Crippen LogP contribution in [0.4, 0.5) is 4.79 Å². The second kappa shape index (κ2) is 9.43. The minimum absolute atomic E-state index is 0.398. The molecule has 0 saturated carbocycles. The van der Waals surface area contributed by atoms with E-state index in [4.69, 9.17) is 9.47 Å². The van der Waals surface area contributed by atoms with Crippen LogP contribution in [-0.2, 0) is 10.3 Å². The summed E-state index contributed by atoms with van der Waals surface area (Å²) < 4.78 is 11.1. The number of nitrogens with one attached hydrogen (secondary N) is 1. The number of carbonyl (C=O) groups excluding carboxylic acids is 2. The van der Waals surface area contributed by atoms with Crippen LogP contribution in [0.2, 0.25) is 0 Å². The summed E-state index contributed by atoms with van der Waals surface area (Å²) in [5.41, 5.74) is 0.320. The van der Waals surface area contributed by atoms with Gasteiger partial charge in [-0.15, -0.1) is 5.01 Å². The van der Waals surface area contributed by atoms with Crippen LogP contribution in [0.5, 0.6) is 11.5 Å². The van der Waals surface area contributed by atoms with E-state index < -0.39 is 17.5 Å². The molecular weight excluding hydrogens is 382 g/mol. The highest BCUT2D eigenvalue weighted by molar-refractivity contribution is 6.07. The van der Waals surface area contributed by atoms with Crippen LogP contribution in [0.1, 0.15) is 44.2 Å². The van der Waals surface area contributed by atoms with E-state index in [2.05, 4.69) is 17.3 Å². The zero-order valence-electron chi connectivity index (χ0n) is 17.6. The van der Waals surface area contributed by atoms with E-state index in [9.17, 15) is 9.59 Å². The lowest BCUT2D eigenvalue weighted by molar-refractivity contribution is -0.131. The summed E-state index contributed by atoms with van der Waals surface area (Å²) in [7, 11) is 1.58. The van der Waals surface area contributed by atoms with Crippen LogP contribution in [-0.4, -0.2) is 36.9 Å². The Morgan fingerprint density at radius 1 is 1.10 bits per heavy atom. The Labute approximate surface area is 176 Å².